The van der Waals surface area contributed by atoms with Crippen LogP contribution in [-0.4, -0.2) is 37.1 Å². The molecule has 2 aromatic carbocycles. The summed E-state index contributed by atoms with van der Waals surface area (Å²) in [6, 6.07) is 21.4. The Morgan fingerprint density at radius 3 is 1.32 bits per heavy atom. The Hall–Kier alpha value is -2.62. The van der Waals surface area contributed by atoms with Crippen LogP contribution < -0.4 is 0 Å². The smallest absolute Gasteiger partial charge is 0.199 e. The summed E-state index contributed by atoms with van der Waals surface area (Å²) in [5, 5.41) is 0. The summed E-state index contributed by atoms with van der Waals surface area (Å²) < 4.78 is 13.1. The van der Waals surface area contributed by atoms with Crippen molar-refractivity contribution in [2.75, 3.05) is 13.2 Å². The first kappa shape index (κ1) is 27.4. The molecule has 0 saturated carbocycles. The predicted molar refractivity (Wildman–Crippen MR) is 155 cm³/mol. The van der Waals surface area contributed by atoms with E-state index in [1.807, 2.05) is 0 Å². The zero-order valence-electron chi connectivity index (χ0n) is 24.1. The molecule has 0 radical (unpaired) electrons. The van der Waals surface area contributed by atoms with Gasteiger partial charge in [0.15, 0.2) is 11.8 Å². The normalized spacial score (nSPS) is 20.6. The van der Waals surface area contributed by atoms with E-state index in [9.17, 15) is 0 Å². The molecule has 4 rings (SSSR count). The number of hydrogen-bond acceptors (Lipinski definition) is 4. The summed E-state index contributed by atoms with van der Waals surface area (Å²) in [6.45, 7) is 19.4. The molecule has 0 aliphatic carbocycles. The van der Waals surface area contributed by atoms with Crippen LogP contribution in [0.25, 0.3) is 0 Å². The lowest BCUT2D eigenvalue weighted by Crippen LogP contribution is -2.42. The van der Waals surface area contributed by atoms with Crippen LogP contribution in [-0.2, 0) is 20.3 Å². The van der Waals surface area contributed by atoms with Gasteiger partial charge in [-0.25, -0.2) is 9.98 Å². The standard InChI is InChI=1S/C33H46N2O2/c1-23(2)19-33(20-24(3)4,29-34-27(21-36-29)31(5,6)25-15-11-9-12-16-25)30-35-28(22-37-30)32(7,8)26-17-13-10-14-18-26/h9-18,23-24,27-28H,19-22H2,1-8H3/t27-,28-/m1/s1. The summed E-state index contributed by atoms with van der Waals surface area (Å²) >= 11 is 0. The molecule has 4 nitrogen and oxygen atoms in total. The van der Waals surface area contributed by atoms with Gasteiger partial charge < -0.3 is 9.47 Å². The number of aliphatic imine (C=N–C) groups is 2. The first-order valence-electron chi connectivity index (χ1n) is 14.0. The fraction of sp³-hybridized carbons (Fsp3) is 0.576. The molecule has 0 aromatic heterocycles. The van der Waals surface area contributed by atoms with Gasteiger partial charge in [0.1, 0.15) is 18.6 Å². The van der Waals surface area contributed by atoms with Crippen LogP contribution in [0.2, 0.25) is 0 Å². The summed E-state index contributed by atoms with van der Waals surface area (Å²) in [4.78, 5) is 10.7. The van der Waals surface area contributed by atoms with E-state index in [1.54, 1.807) is 0 Å². The molecule has 0 spiro atoms. The number of nitrogens with zero attached hydrogens (tertiary/aromatic N) is 2. The molecule has 4 heteroatoms. The van der Waals surface area contributed by atoms with Crippen LogP contribution in [0.5, 0.6) is 0 Å². The van der Waals surface area contributed by atoms with Gasteiger partial charge in [0.05, 0.1) is 12.1 Å². The van der Waals surface area contributed by atoms with E-state index in [4.69, 9.17) is 19.5 Å². The van der Waals surface area contributed by atoms with Gasteiger partial charge >= 0.3 is 0 Å². The van der Waals surface area contributed by atoms with E-state index in [2.05, 4.69) is 116 Å². The maximum absolute atomic E-state index is 6.55. The lowest BCUT2D eigenvalue weighted by atomic mass is 9.73. The lowest BCUT2D eigenvalue weighted by molar-refractivity contribution is 0.203. The van der Waals surface area contributed by atoms with Crippen molar-refractivity contribution in [2.24, 2.45) is 27.2 Å². The van der Waals surface area contributed by atoms with Crippen molar-refractivity contribution in [1.82, 2.24) is 0 Å². The first-order chi connectivity index (χ1) is 17.5. The third kappa shape index (κ3) is 5.49. The quantitative estimate of drug-likeness (QED) is 0.335. The molecule has 200 valence electrons. The van der Waals surface area contributed by atoms with Crippen LogP contribution in [0.15, 0.2) is 70.6 Å². The van der Waals surface area contributed by atoms with Gasteiger partial charge in [0.25, 0.3) is 0 Å². The average Bonchev–Trinajstić information content (AvgIpc) is 3.56. The maximum Gasteiger partial charge on any atom is 0.199 e. The minimum atomic E-state index is -0.453. The van der Waals surface area contributed by atoms with E-state index in [1.165, 1.54) is 11.1 Å². The maximum atomic E-state index is 6.55. The summed E-state index contributed by atoms with van der Waals surface area (Å²) in [6.07, 6.45) is 1.81. The van der Waals surface area contributed by atoms with Gasteiger partial charge in [-0.15, -0.1) is 0 Å². The Labute approximate surface area is 224 Å². The molecule has 2 aliphatic heterocycles. The molecule has 2 aromatic rings. The van der Waals surface area contributed by atoms with E-state index < -0.39 is 5.41 Å². The highest BCUT2D eigenvalue weighted by molar-refractivity contribution is 6.06. The zero-order valence-corrected chi connectivity index (χ0v) is 24.1. The molecule has 0 bridgehead atoms. The van der Waals surface area contributed by atoms with E-state index >= 15 is 0 Å². The third-order valence-corrected chi connectivity index (χ3v) is 8.34. The minimum Gasteiger partial charge on any atom is -0.478 e. The Morgan fingerprint density at radius 1 is 0.649 bits per heavy atom. The van der Waals surface area contributed by atoms with Crippen molar-refractivity contribution in [3.8, 4) is 0 Å². The van der Waals surface area contributed by atoms with Gasteiger partial charge in [0.2, 0.25) is 0 Å². The van der Waals surface area contributed by atoms with Crippen LogP contribution >= 0.6 is 0 Å². The Bertz CT molecular complexity index is 1010. The molecule has 0 amide bonds. The van der Waals surface area contributed by atoms with Crippen molar-refractivity contribution in [2.45, 2.75) is 91.1 Å². The van der Waals surface area contributed by atoms with Gasteiger partial charge in [-0.3, -0.25) is 0 Å². The van der Waals surface area contributed by atoms with Crippen molar-refractivity contribution in [3.63, 3.8) is 0 Å². The highest BCUT2D eigenvalue weighted by atomic mass is 16.5. The topological polar surface area (TPSA) is 43.2 Å². The predicted octanol–water partition coefficient (Wildman–Crippen LogP) is 7.62. The van der Waals surface area contributed by atoms with Gasteiger partial charge in [-0.05, 0) is 35.8 Å². The fourth-order valence-corrected chi connectivity index (χ4v) is 6.05. The second-order valence-electron chi connectivity index (χ2n) is 13.0. The molecule has 0 fully saturated rings. The van der Waals surface area contributed by atoms with Crippen LogP contribution in [0, 0.1) is 17.3 Å². The van der Waals surface area contributed by atoms with Crippen LogP contribution in [0.3, 0.4) is 0 Å². The molecule has 2 atom stereocenters. The van der Waals surface area contributed by atoms with Gasteiger partial charge in [-0.1, -0.05) is 116 Å². The highest BCUT2D eigenvalue weighted by Gasteiger charge is 2.52. The molecule has 37 heavy (non-hydrogen) atoms. The molecule has 0 unspecified atom stereocenters. The number of benzene rings is 2. The summed E-state index contributed by atoms with van der Waals surface area (Å²) in [7, 11) is 0. The second kappa shape index (κ2) is 10.6. The zero-order chi connectivity index (χ0) is 26.8. The molecule has 0 N–H and O–H groups in total. The molecular weight excluding hydrogens is 456 g/mol. The SMILES string of the molecule is CC(C)CC(CC(C)C)(C1=N[C@@H](C(C)(C)c2ccccc2)CO1)C1=N[C@@H](C(C)(C)c2ccccc2)CO1. The van der Waals surface area contributed by atoms with Crippen LogP contribution in [0.4, 0.5) is 0 Å². The largest absolute Gasteiger partial charge is 0.478 e. The van der Waals surface area contributed by atoms with Crippen molar-refractivity contribution < 1.29 is 9.47 Å². The van der Waals surface area contributed by atoms with Gasteiger partial charge in [0, 0.05) is 10.8 Å². The monoisotopic (exact) mass is 502 g/mol. The summed E-state index contributed by atoms with van der Waals surface area (Å²) in [5.74, 6) is 2.53. The Balaban J connectivity index is 1.75. The van der Waals surface area contributed by atoms with Gasteiger partial charge in [-0.2, -0.15) is 0 Å². The molecule has 2 heterocycles. The number of rotatable bonds is 10. The average molecular weight is 503 g/mol. The van der Waals surface area contributed by atoms with Crippen molar-refractivity contribution in [3.05, 3.63) is 71.8 Å². The fourth-order valence-electron chi connectivity index (χ4n) is 6.05. The van der Waals surface area contributed by atoms with Crippen molar-refractivity contribution >= 4 is 11.8 Å². The Kier molecular flexibility index (Phi) is 7.88. The van der Waals surface area contributed by atoms with E-state index in [0.717, 1.165) is 24.6 Å². The lowest BCUT2D eigenvalue weighted by Gasteiger charge is -2.35. The second-order valence-corrected chi connectivity index (χ2v) is 13.0. The third-order valence-electron chi connectivity index (χ3n) is 8.34. The Morgan fingerprint density at radius 2 is 1.00 bits per heavy atom. The number of ether oxygens (including phenoxy) is 2. The van der Waals surface area contributed by atoms with Crippen molar-refractivity contribution in [1.29, 1.82) is 0 Å². The van der Waals surface area contributed by atoms with E-state index in [0.29, 0.717) is 25.0 Å². The number of hydrogen-bond donors (Lipinski definition) is 0. The van der Waals surface area contributed by atoms with E-state index in [-0.39, 0.29) is 22.9 Å². The first-order valence-corrected chi connectivity index (χ1v) is 14.0. The minimum absolute atomic E-state index is 0.0437. The van der Waals surface area contributed by atoms with Crippen LogP contribution in [0.1, 0.15) is 79.4 Å². The molecule has 0 saturated heterocycles. The summed E-state index contributed by atoms with van der Waals surface area (Å²) in [5.41, 5.74) is 1.84. The molecule has 2 aliphatic rings. The highest BCUT2D eigenvalue weighted by Crippen LogP contribution is 2.44. The molecular formula is C33H46N2O2.